The molecule has 20 heavy (non-hydrogen) atoms. The van der Waals surface area contributed by atoms with Crippen LogP contribution < -0.4 is 4.72 Å². The molecule has 0 aromatic heterocycles. The third-order valence-corrected chi connectivity index (χ3v) is 4.22. The van der Waals surface area contributed by atoms with Crippen LogP contribution in [0, 0.1) is 0 Å². The van der Waals surface area contributed by atoms with Gasteiger partial charge in [0.05, 0.1) is 34.7 Å². The number of aliphatic hydroxyl groups is 1. The molecule has 0 fully saturated rings. The van der Waals surface area contributed by atoms with Crippen molar-refractivity contribution in [2.45, 2.75) is 10.9 Å². The summed E-state index contributed by atoms with van der Waals surface area (Å²) in [5.74, 6) is -1.25. The van der Waals surface area contributed by atoms with Crippen molar-refractivity contribution in [3.63, 3.8) is 0 Å². The van der Waals surface area contributed by atoms with Crippen molar-refractivity contribution in [3.8, 4) is 0 Å². The molecule has 0 amide bonds. The monoisotopic (exact) mass is 323 g/mol. The molecule has 0 aliphatic rings. The van der Waals surface area contributed by atoms with E-state index >= 15 is 0 Å². The van der Waals surface area contributed by atoms with Crippen molar-refractivity contribution in [3.05, 3.63) is 28.8 Å². The maximum absolute atomic E-state index is 12.0. The Morgan fingerprint density at radius 1 is 1.50 bits per heavy atom. The topological polar surface area (TPSA) is 113 Å². The van der Waals surface area contributed by atoms with E-state index in [1.54, 1.807) is 0 Å². The highest BCUT2D eigenvalue weighted by Crippen LogP contribution is 2.21. The summed E-state index contributed by atoms with van der Waals surface area (Å²) in [7, 11) is -2.56. The fraction of sp³-hybridized carbons (Fsp3) is 0.364. The van der Waals surface area contributed by atoms with Crippen LogP contribution >= 0.6 is 11.6 Å². The molecule has 9 heteroatoms. The van der Waals surface area contributed by atoms with Crippen molar-refractivity contribution in [1.29, 1.82) is 0 Å². The van der Waals surface area contributed by atoms with Crippen LogP contribution in [0.1, 0.15) is 10.4 Å². The second-order valence-electron chi connectivity index (χ2n) is 3.90. The number of hydrogen-bond donors (Lipinski definition) is 3. The Labute approximate surface area is 121 Å². The number of benzene rings is 1. The lowest BCUT2D eigenvalue weighted by molar-refractivity contribution is 0.0697. The van der Waals surface area contributed by atoms with Crippen LogP contribution in [0.4, 0.5) is 0 Å². The lowest BCUT2D eigenvalue weighted by atomic mass is 10.2. The molecule has 0 radical (unpaired) electrons. The molecule has 1 rings (SSSR count). The second-order valence-corrected chi connectivity index (χ2v) is 6.02. The predicted molar refractivity (Wildman–Crippen MR) is 71.5 cm³/mol. The van der Waals surface area contributed by atoms with Gasteiger partial charge < -0.3 is 14.9 Å². The van der Waals surface area contributed by atoms with E-state index in [1.807, 2.05) is 0 Å². The van der Waals surface area contributed by atoms with Crippen molar-refractivity contribution < 1.29 is 28.2 Å². The van der Waals surface area contributed by atoms with E-state index < -0.39 is 28.6 Å². The zero-order valence-corrected chi connectivity index (χ0v) is 12.1. The number of rotatable bonds is 7. The summed E-state index contributed by atoms with van der Waals surface area (Å²) in [5.41, 5.74) is -0.193. The van der Waals surface area contributed by atoms with E-state index in [0.29, 0.717) is 0 Å². The van der Waals surface area contributed by atoms with Gasteiger partial charge in [0, 0.05) is 7.11 Å². The molecule has 1 atom stereocenters. The van der Waals surface area contributed by atoms with Crippen LogP contribution in [-0.4, -0.2) is 51.0 Å². The van der Waals surface area contributed by atoms with Gasteiger partial charge in [0.15, 0.2) is 0 Å². The summed E-state index contributed by atoms with van der Waals surface area (Å²) in [5, 5.41) is 17.7. The Morgan fingerprint density at radius 3 is 2.60 bits per heavy atom. The quantitative estimate of drug-likeness (QED) is 0.666. The fourth-order valence-corrected chi connectivity index (χ4v) is 3.01. The fourth-order valence-electron chi connectivity index (χ4n) is 1.45. The van der Waals surface area contributed by atoms with Gasteiger partial charge in [-0.1, -0.05) is 11.6 Å². The standard InChI is InChI=1S/C11H14ClNO6S/c1-19-6-7(5-14)13-20(17,18)8-2-3-9(11(15)16)10(12)4-8/h2-4,7,13-14H,5-6H2,1H3,(H,15,16). The number of aliphatic hydroxyl groups excluding tert-OH is 1. The number of halogens is 1. The van der Waals surface area contributed by atoms with Crippen molar-refractivity contribution in [1.82, 2.24) is 4.72 Å². The summed E-state index contributed by atoms with van der Waals surface area (Å²) in [6.45, 7) is -0.440. The zero-order valence-electron chi connectivity index (χ0n) is 10.5. The molecule has 0 saturated carbocycles. The Kier molecular flexibility index (Phi) is 5.90. The number of sulfonamides is 1. The highest BCUT2D eigenvalue weighted by atomic mass is 35.5. The average molecular weight is 324 g/mol. The number of aromatic carboxylic acids is 1. The van der Waals surface area contributed by atoms with Gasteiger partial charge in [0.25, 0.3) is 0 Å². The lowest BCUT2D eigenvalue weighted by Gasteiger charge is -2.15. The summed E-state index contributed by atoms with van der Waals surface area (Å²) < 4.78 is 31.0. The molecule has 1 aromatic carbocycles. The normalized spacial score (nSPS) is 13.2. The third kappa shape index (κ3) is 4.15. The number of carboxylic acids is 1. The molecular weight excluding hydrogens is 310 g/mol. The molecule has 0 aliphatic carbocycles. The summed E-state index contributed by atoms with van der Waals surface area (Å²) in [6.07, 6.45) is 0. The van der Waals surface area contributed by atoms with Crippen molar-refractivity contribution in [2.75, 3.05) is 20.3 Å². The molecule has 3 N–H and O–H groups in total. The third-order valence-electron chi connectivity index (χ3n) is 2.39. The highest BCUT2D eigenvalue weighted by molar-refractivity contribution is 7.89. The molecule has 112 valence electrons. The predicted octanol–water partition coefficient (Wildman–Crippen LogP) is 0.324. The van der Waals surface area contributed by atoms with Gasteiger partial charge in [-0.25, -0.2) is 17.9 Å². The second kappa shape index (κ2) is 7.00. The summed E-state index contributed by atoms with van der Waals surface area (Å²) in [4.78, 5) is 10.6. The van der Waals surface area contributed by atoms with Crippen LogP contribution in [0.15, 0.2) is 23.1 Å². The number of carbonyl (C=O) groups is 1. The maximum Gasteiger partial charge on any atom is 0.337 e. The summed E-state index contributed by atoms with van der Waals surface area (Å²) >= 11 is 5.71. The van der Waals surface area contributed by atoms with Crippen molar-refractivity contribution in [2.24, 2.45) is 0 Å². The minimum Gasteiger partial charge on any atom is -0.478 e. The minimum atomic E-state index is -3.93. The van der Waals surface area contributed by atoms with E-state index in [9.17, 15) is 13.2 Å². The van der Waals surface area contributed by atoms with Crippen LogP contribution in [-0.2, 0) is 14.8 Å². The van der Waals surface area contributed by atoms with Crippen LogP contribution in [0.25, 0.3) is 0 Å². The number of hydrogen-bond acceptors (Lipinski definition) is 5. The first kappa shape index (κ1) is 16.9. The average Bonchev–Trinajstić information content (AvgIpc) is 2.37. The van der Waals surface area contributed by atoms with Gasteiger partial charge >= 0.3 is 5.97 Å². The largest absolute Gasteiger partial charge is 0.478 e. The van der Waals surface area contributed by atoms with Gasteiger partial charge in [-0.15, -0.1) is 0 Å². The lowest BCUT2D eigenvalue weighted by Crippen LogP contribution is -2.40. The molecule has 0 bridgehead atoms. The Hall–Kier alpha value is -1.19. The van der Waals surface area contributed by atoms with Gasteiger partial charge in [0.1, 0.15) is 0 Å². The molecule has 7 nitrogen and oxygen atoms in total. The summed E-state index contributed by atoms with van der Waals surface area (Å²) in [6, 6.07) is 2.46. The molecule has 0 spiro atoms. The molecule has 0 saturated heterocycles. The Bertz CT molecular complexity index is 589. The van der Waals surface area contributed by atoms with Gasteiger partial charge in [-0.2, -0.15) is 0 Å². The zero-order chi connectivity index (χ0) is 15.3. The Balaban J connectivity index is 3.04. The smallest absolute Gasteiger partial charge is 0.337 e. The van der Waals surface area contributed by atoms with Crippen LogP contribution in [0.2, 0.25) is 5.02 Å². The first-order chi connectivity index (χ1) is 9.31. The number of ether oxygens (including phenoxy) is 1. The highest BCUT2D eigenvalue weighted by Gasteiger charge is 2.21. The molecule has 1 aromatic rings. The van der Waals surface area contributed by atoms with E-state index in [0.717, 1.165) is 18.2 Å². The maximum atomic E-state index is 12.0. The number of nitrogens with one attached hydrogen (secondary N) is 1. The SMILES string of the molecule is COCC(CO)NS(=O)(=O)c1ccc(C(=O)O)c(Cl)c1. The first-order valence-corrected chi connectivity index (χ1v) is 7.33. The van der Waals surface area contributed by atoms with Crippen molar-refractivity contribution >= 4 is 27.6 Å². The van der Waals surface area contributed by atoms with E-state index in [-0.39, 0.29) is 22.1 Å². The molecule has 1 unspecified atom stereocenters. The number of carboxylic acid groups (broad SMARTS) is 1. The van der Waals surface area contributed by atoms with Gasteiger partial charge in [-0.05, 0) is 18.2 Å². The number of methoxy groups -OCH3 is 1. The van der Waals surface area contributed by atoms with E-state index in [4.69, 9.17) is 26.6 Å². The Morgan fingerprint density at radius 2 is 2.15 bits per heavy atom. The van der Waals surface area contributed by atoms with Crippen LogP contribution in [0.3, 0.4) is 0 Å². The minimum absolute atomic E-state index is 0.00330. The van der Waals surface area contributed by atoms with E-state index in [2.05, 4.69) is 4.72 Å². The van der Waals surface area contributed by atoms with E-state index in [1.165, 1.54) is 7.11 Å². The van der Waals surface area contributed by atoms with Gasteiger partial charge in [0.2, 0.25) is 10.0 Å². The molecular formula is C11H14ClNO6S. The molecule has 0 aliphatic heterocycles. The first-order valence-electron chi connectivity index (χ1n) is 5.46. The van der Waals surface area contributed by atoms with Crippen LogP contribution in [0.5, 0.6) is 0 Å². The van der Waals surface area contributed by atoms with Gasteiger partial charge in [-0.3, -0.25) is 0 Å². The molecule has 0 heterocycles.